The van der Waals surface area contributed by atoms with Crippen LogP contribution >= 0.6 is 22.6 Å². The zero-order valence-corrected chi connectivity index (χ0v) is 13.3. The molecule has 0 atom stereocenters. The number of hydrogen-bond donors (Lipinski definition) is 3. The number of rotatable bonds is 3. The number of nitrogens with zero attached hydrogens (tertiary/aromatic N) is 1. The summed E-state index contributed by atoms with van der Waals surface area (Å²) in [6.45, 7) is 1.65. The molecular formula is C15H13IN2O3. The van der Waals surface area contributed by atoms with Gasteiger partial charge in [-0.1, -0.05) is 6.07 Å². The number of hydrogen-bond acceptors (Lipinski definition) is 4. The van der Waals surface area contributed by atoms with Crippen LogP contribution < -0.4 is 5.43 Å². The van der Waals surface area contributed by atoms with Crippen molar-refractivity contribution in [2.45, 2.75) is 6.92 Å². The number of carbonyl (C=O) groups excluding carboxylic acids is 1. The van der Waals surface area contributed by atoms with Gasteiger partial charge in [0.05, 0.1) is 5.71 Å². The summed E-state index contributed by atoms with van der Waals surface area (Å²) in [5.41, 5.74) is 3.82. The van der Waals surface area contributed by atoms with Crippen LogP contribution in [-0.2, 0) is 0 Å². The van der Waals surface area contributed by atoms with Gasteiger partial charge in [0, 0.05) is 20.8 Å². The first-order valence-corrected chi connectivity index (χ1v) is 7.18. The normalized spacial score (nSPS) is 11.2. The average molecular weight is 396 g/mol. The molecule has 0 heterocycles. The van der Waals surface area contributed by atoms with Crippen LogP contribution in [0.3, 0.4) is 0 Å². The predicted octanol–water partition coefficient (Wildman–Crippen LogP) is 2.86. The van der Waals surface area contributed by atoms with Crippen LogP contribution in [0.2, 0.25) is 0 Å². The molecule has 0 radical (unpaired) electrons. The summed E-state index contributed by atoms with van der Waals surface area (Å²) in [4.78, 5) is 11.9. The summed E-state index contributed by atoms with van der Waals surface area (Å²) >= 11 is 2.12. The lowest BCUT2D eigenvalue weighted by molar-refractivity contribution is 0.0954. The number of phenols is 2. The molecule has 0 saturated carbocycles. The molecule has 2 rings (SSSR count). The van der Waals surface area contributed by atoms with Gasteiger partial charge in [-0.3, -0.25) is 4.79 Å². The highest BCUT2D eigenvalue weighted by Gasteiger charge is 2.08. The fraction of sp³-hybridized carbons (Fsp3) is 0.0667. The van der Waals surface area contributed by atoms with E-state index in [1.54, 1.807) is 25.1 Å². The van der Waals surface area contributed by atoms with Crippen LogP contribution in [-0.4, -0.2) is 21.8 Å². The third-order valence-electron chi connectivity index (χ3n) is 2.78. The molecule has 2 aromatic rings. The quantitative estimate of drug-likeness (QED) is 0.424. The highest BCUT2D eigenvalue weighted by atomic mass is 127. The van der Waals surface area contributed by atoms with Gasteiger partial charge in [0.15, 0.2) is 0 Å². The van der Waals surface area contributed by atoms with E-state index in [1.165, 1.54) is 18.2 Å². The summed E-state index contributed by atoms with van der Waals surface area (Å²) in [6.07, 6.45) is 0. The molecule has 21 heavy (non-hydrogen) atoms. The first-order valence-electron chi connectivity index (χ1n) is 6.10. The van der Waals surface area contributed by atoms with Gasteiger partial charge in [-0.15, -0.1) is 0 Å². The van der Waals surface area contributed by atoms with E-state index < -0.39 is 0 Å². The van der Waals surface area contributed by atoms with Gasteiger partial charge in [-0.2, -0.15) is 5.10 Å². The Morgan fingerprint density at radius 3 is 2.62 bits per heavy atom. The van der Waals surface area contributed by atoms with Crippen molar-refractivity contribution in [3.63, 3.8) is 0 Å². The van der Waals surface area contributed by atoms with Crippen LogP contribution in [0.4, 0.5) is 0 Å². The average Bonchev–Trinajstić information content (AvgIpc) is 2.44. The maximum atomic E-state index is 11.9. The van der Waals surface area contributed by atoms with Gasteiger partial charge in [-0.25, -0.2) is 5.43 Å². The lowest BCUT2D eigenvalue weighted by Crippen LogP contribution is -2.19. The molecule has 6 heteroatoms. The third kappa shape index (κ3) is 3.94. The maximum Gasteiger partial charge on any atom is 0.271 e. The SMILES string of the molecule is C/C(=N/NC(=O)c1cccc(I)c1)c1ccc(O)cc1O. The smallest absolute Gasteiger partial charge is 0.271 e. The molecule has 0 fully saturated rings. The van der Waals surface area contributed by atoms with Crippen molar-refractivity contribution in [1.29, 1.82) is 0 Å². The van der Waals surface area contributed by atoms with Crippen LogP contribution in [0.1, 0.15) is 22.8 Å². The van der Waals surface area contributed by atoms with Gasteiger partial charge < -0.3 is 10.2 Å². The highest BCUT2D eigenvalue weighted by Crippen LogP contribution is 2.22. The molecule has 0 unspecified atom stereocenters. The number of aromatic hydroxyl groups is 2. The summed E-state index contributed by atoms with van der Waals surface area (Å²) in [5.74, 6) is -0.460. The lowest BCUT2D eigenvalue weighted by atomic mass is 10.1. The second kappa shape index (κ2) is 6.57. The van der Waals surface area contributed by atoms with E-state index >= 15 is 0 Å². The number of halogens is 1. The van der Waals surface area contributed by atoms with Gasteiger partial charge in [-0.05, 0) is 59.8 Å². The Morgan fingerprint density at radius 2 is 1.95 bits per heavy atom. The van der Waals surface area contributed by atoms with Gasteiger partial charge in [0.1, 0.15) is 11.5 Å². The Labute approximate surface area is 135 Å². The molecule has 0 spiro atoms. The monoisotopic (exact) mass is 396 g/mol. The van der Waals surface area contributed by atoms with Gasteiger partial charge >= 0.3 is 0 Å². The van der Waals surface area contributed by atoms with Crippen molar-refractivity contribution in [1.82, 2.24) is 5.43 Å². The Hall–Kier alpha value is -2.09. The van der Waals surface area contributed by atoms with Gasteiger partial charge in [0.25, 0.3) is 5.91 Å². The molecule has 5 nitrogen and oxygen atoms in total. The number of benzene rings is 2. The summed E-state index contributed by atoms with van der Waals surface area (Å²) in [5, 5.41) is 22.9. The molecule has 0 saturated heterocycles. The second-order valence-electron chi connectivity index (χ2n) is 4.35. The van der Waals surface area contributed by atoms with Crippen molar-refractivity contribution in [3.05, 3.63) is 57.2 Å². The molecule has 0 aliphatic heterocycles. The van der Waals surface area contributed by atoms with Crippen LogP contribution in [0.25, 0.3) is 0 Å². The minimum absolute atomic E-state index is 0.0352. The van der Waals surface area contributed by atoms with Crippen molar-refractivity contribution < 1.29 is 15.0 Å². The fourth-order valence-electron chi connectivity index (χ4n) is 1.72. The van der Waals surface area contributed by atoms with Crippen LogP contribution in [0, 0.1) is 3.57 Å². The first-order chi connectivity index (χ1) is 9.97. The third-order valence-corrected chi connectivity index (χ3v) is 3.45. The molecule has 108 valence electrons. The molecule has 2 aromatic carbocycles. The molecular weight excluding hydrogens is 383 g/mol. The number of hydrazone groups is 1. The van der Waals surface area contributed by atoms with E-state index in [1.807, 2.05) is 6.07 Å². The molecule has 0 aromatic heterocycles. The Balaban J connectivity index is 2.15. The van der Waals surface area contributed by atoms with E-state index in [2.05, 4.69) is 33.1 Å². The molecule has 0 bridgehead atoms. The van der Waals surface area contributed by atoms with E-state index in [0.717, 1.165) is 3.57 Å². The summed E-state index contributed by atoms with van der Waals surface area (Å²) in [7, 11) is 0. The largest absolute Gasteiger partial charge is 0.508 e. The number of carbonyl (C=O) groups is 1. The predicted molar refractivity (Wildman–Crippen MR) is 88.6 cm³/mol. The molecule has 3 N–H and O–H groups in total. The molecule has 0 aliphatic carbocycles. The zero-order valence-electron chi connectivity index (χ0n) is 11.2. The van der Waals surface area contributed by atoms with E-state index in [-0.39, 0.29) is 17.4 Å². The number of nitrogens with one attached hydrogen (secondary N) is 1. The van der Waals surface area contributed by atoms with Crippen molar-refractivity contribution >= 4 is 34.2 Å². The maximum absolute atomic E-state index is 11.9. The van der Waals surface area contributed by atoms with Crippen LogP contribution in [0.15, 0.2) is 47.6 Å². The number of phenolic OH excluding ortho intramolecular Hbond substituents is 2. The van der Waals surface area contributed by atoms with Crippen LogP contribution in [0.5, 0.6) is 11.5 Å². The topological polar surface area (TPSA) is 81.9 Å². The van der Waals surface area contributed by atoms with E-state index in [9.17, 15) is 15.0 Å². The molecule has 0 aliphatic rings. The highest BCUT2D eigenvalue weighted by molar-refractivity contribution is 14.1. The van der Waals surface area contributed by atoms with E-state index in [4.69, 9.17) is 0 Å². The number of amides is 1. The minimum atomic E-state index is -0.328. The Kier molecular flexibility index (Phi) is 4.79. The van der Waals surface area contributed by atoms with E-state index in [0.29, 0.717) is 16.8 Å². The van der Waals surface area contributed by atoms with Crippen molar-refractivity contribution in [3.8, 4) is 11.5 Å². The van der Waals surface area contributed by atoms with Crippen molar-refractivity contribution in [2.75, 3.05) is 0 Å². The fourth-order valence-corrected chi connectivity index (χ4v) is 2.26. The zero-order chi connectivity index (χ0) is 15.4. The van der Waals surface area contributed by atoms with Crippen molar-refractivity contribution in [2.24, 2.45) is 5.10 Å². The lowest BCUT2D eigenvalue weighted by Gasteiger charge is -2.05. The minimum Gasteiger partial charge on any atom is -0.508 e. The first kappa shape index (κ1) is 15.3. The summed E-state index contributed by atoms with van der Waals surface area (Å²) in [6, 6.07) is 11.3. The van der Waals surface area contributed by atoms with Gasteiger partial charge in [0.2, 0.25) is 0 Å². The Bertz CT molecular complexity index is 714. The molecule has 1 amide bonds. The standard InChI is InChI=1S/C15H13IN2O3/c1-9(13-6-5-12(19)8-14(13)20)17-18-15(21)10-3-2-4-11(16)7-10/h2-8,19-20H,1H3,(H,18,21)/b17-9-. The second-order valence-corrected chi connectivity index (χ2v) is 5.60. The summed E-state index contributed by atoms with van der Waals surface area (Å²) < 4.78 is 0.956. The Morgan fingerprint density at radius 1 is 1.19 bits per heavy atom.